The summed E-state index contributed by atoms with van der Waals surface area (Å²) in [6, 6.07) is 21.0. The summed E-state index contributed by atoms with van der Waals surface area (Å²) in [5.41, 5.74) is 1.86. The van der Waals surface area contributed by atoms with E-state index < -0.39 is 11.9 Å². The van der Waals surface area contributed by atoms with Gasteiger partial charge in [0.1, 0.15) is 12.4 Å². The van der Waals surface area contributed by atoms with Crippen LogP contribution >= 0.6 is 0 Å². The number of rotatable bonds is 7. The van der Waals surface area contributed by atoms with Crippen LogP contribution in [0.15, 0.2) is 79.1 Å². The molecule has 1 heterocycles. The summed E-state index contributed by atoms with van der Waals surface area (Å²) < 4.78 is 7.61. The van der Waals surface area contributed by atoms with Gasteiger partial charge >= 0.3 is 5.97 Å². The molecule has 122 valence electrons. The van der Waals surface area contributed by atoms with Crippen LogP contribution in [0.5, 0.6) is 5.75 Å². The highest BCUT2D eigenvalue weighted by atomic mass is 16.5. The molecule has 4 nitrogen and oxygen atoms in total. The van der Waals surface area contributed by atoms with Crippen LogP contribution in [0, 0.1) is 0 Å². The first-order valence-corrected chi connectivity index (χ1v) is 7.82. The molecule has 0 saturated heterocycles. The maximum absolute atomic E-state index is 11.6. The van der Waals surface area contributed by atoms with Gasteiger partial charge < -0.3 is 14.4 Å². The molecule has 0 fully saturated rings. The van der Waals surface area contributed by atoms with Gasteiger partial charge in [-0.3, -0.25) is 4.79 Å². The van der Waals surface area contributed by atoms with Crippen molar-refractivity contribution < 1.29 is 14.6 Å². The van der Waals surface area contributed by atoms with Crippen molar-refractivity contribution in [1.29, 1.82) is 0 Å². The Morgan fingerprint density at radius 3 is 2.25 bits per heavy atom. The molecule has 1 N–H and O–H groups in total. The van der Waals surface area contributed by atoms with E-state index in [1.165, 1.54) is 0 Å². The number of nitrogens with zero attached hydrogens (tertiary/aromatic N) is 1. The number of benzene rings is 2. The molecule has 0 aliphatic heterocycles. The number of carbonyl (C=O) groups is 1. The van der Waals surface area contributed by atoms with Crippen LogP contribution in [0.2, 0.25) is 0 Å². The topological polar surface area (TPSA) is 51.5 Å². The quantitative estimate of drug-likeness (QED) is 0.717. The number of carboxylic acid groups (broad SMARTS) is 1. The molecule has 0 saturated carbocycles. The molecule has 1 unspecified atom stereocenters. The summed E-state index contributed by atoms with van der Waals surface area (Å²) in [5, 5.41) is 9.50. The number of hydrogen-bond acceptors (Lipinski definition) is 2. The maximum atomic E-state index is 11.6. The van der Waals surface area contributed by atoms with Crippen LogP contribution in [0.1, 0.15) is 17.0 Å². The SMILES string of the molecule is O=C(O)C(Cn1cccc1)c1ccc(OCc2ccccc2)cc1. The van der Waals surface area contributed by atoms with E-state index in [1.54, 1.807) is 0 Å². The summed E-state index contributed by atoms with van der Waals surface area (Å²) in [6.45, 7) is 0.901. The second-order valence-corrected chi connectivity index (χ2v) is 5.61. The van der Waals surface area contributed by atoms with Gasteiger partial charge in [-0.05, 0) is 35.4 Å². The molecule has 0 spiro atoms. The average molecular weight is 321 g/mol. The molecule has 0 radical (unpaired) electrons. The highest BCUT2D eigenvalue weighted by Gasteiger charge is 2.20. The van der Waals surface area contributed by atoms with Crippen LogP contribution in [0.25, 0.3) is 0 Å². The van der Waals surface area contributed by atoms with Gasteiger partial charge in [0, 0.05) is 18.9 Å². The summed E-state index contributed by atoms with van der Waals surface area (Å²) in [5.74, 6) is -0.685. The lowest BCUT2D eigenvalue weighted by Gasteiger charge is -2.14. The molecule has 1 aromatic heterocycles. The average Bonchev–Trinajstić information content (AvgIpc) is 3.12. The molecule has 2 aromatic carbocycles. The minimum absolute atomic E-state index is 0.409. The number of aromatic nitrogens is 1. The first-order valence-electron chi connectivity index (χ1n) is 7.82. The van der Waals surface area contributed by atoms with Crippen molar-refractivity contribution in [3.05, 3.63) is 90.3 Å². The second-order valence-electron chi connectivity index (χ2n) is 5.61. The summed E-state index contributed by atoms with van der Waals surface area (Å²) in [6.07, 6.45) is 3.74. The molecular weight excluding hydrogens is 302 g/mol. The van der Waals surface area contributed by atoms with Crippen LogP contribution in [0.4, 0.5) is 0 Å². The molecular formula is C20H19NO3. The van der Waals surface area contributed by atoms with Crippen molar-refractivity contribution in [3.63, 3.8) is 0 Å². The zero-order valence-electron chi connectivity index (χ0n) is 13.2. The second kappa shape index (κ2) is 7.51. The van der Waals surface area contributed by atoms with Gasteiger partial charge in [0.2, 0.25) is 0 Å². The minimum Gasteiger partial charge on any atom is -0.489 e. The largest absolute Gasteiger partial charge is 0.489 e. The lowest BCUT2D eigenvalue weighted by Crippen LogP contribution is -2.17. The number of carboxylic acids is 1. The first kappa shape index (κ1) is 15.9. The van der Waals surface area contributed by atoms with Crippen LogP contribution in [0.3, 0.4) is 0 Å². The Balaban J connectivity index is 1.66. The lowest BCUT2D eigenvalue weighted by atomic mass is 9.99. The van der Waals surface area contributed by atoms with Crippen molar-refractivity contribution >= 4 is 5.97 Å². The Kier molecular flexibility index (Phi) is 4.96. The van der Waals surface area contributed by atoms with Crippen molar-refractivity contribution in [2.45, 2.75) is 19.1 Å². The van der Waals surface area contributed by atoms with Crippen molar-refractivity contribution in [1.82, 2.24) is 4.57 Å². The molecule has 0 bridgehead atoms. The van der Waals surface area contributed by atoms with Gasteiger partial charge in [0.25, 0.3) is 0 Å². The van der Waals surface area contributed by atoms with Crippen LogP contribution in [-0.2, 0) is 17.9 Å². The molecule has 3 rings (SSSR count). The number of ether oxygens (including phenoxy) is 1. The summed E-state index contributed by atoms with van der Waals surface area (Å²) in [4.78, 5) is 11.6. The van der Waals surface area contributed by atoms with Gasteiger partial charge in [0.05, 0.1) is 5.92 Å². The molecule has 0 amide bonds. The van der Waals surface area contributed by atoms with Gasteiger partial charge in [0.15, 0.2) is 0 Å². The van der Waals surface area contributed by atoms with E-state index in [-0.39, 0.29) is 0 Å². The van der Waals surface area contributed by atoms with E-state index in [4.69, 9.17) is 4.74 Å². The van der Waals surface area contributed by atoms with Crippen molar-refractivity contribution in [2.24, 2.45) is 0 Å². The Morgan fingerprint density at radius 1 is 0.958 bits per heavy atom. The Labute approximate surface area is 140 Å². The standard InChI is InChI=1S/C20H19NO3/c22-20(23)19(14-21-12-4-5-13-21)17-8-10-18(11-9-17)24-15-16-6-2-1-3-7-16/h1-13,19H,14-15H2,(H,22,23). The number of aliphatic carboxylic acids is 1. The molecule has 24 heavy (non-hydrogen) atoms. The first-order chi connectivity index (χ1) is 11.7. The molecule has 3 aromatic rings. The monoisotopic (exact) mass is 321 g/mol. The summed E-state index contributed by atoms with van der Waals surface area (Å²) >= 11 is 0. The van der Waals surface area contributed by atoms with Crippen LogP contribution in [-0.4, -0.2) is 15.6 Å². The van der Waals surface area contributed by atoms with Gasteiger partial charge in [-0.1, -0.05) is 42.5 Å². The van der Waals surface area contributed by atoms with E-state index in [0.717, 1.165) is 16.9 Å². The Morgan fingerprint density at radius 2 is 1.62 bits per heavy atom. The Bertz CT molecular complexity index is 764. The number of hydrogen-bond donors (Lipinski definition) is 1. The summed E-state index contributed by atoms with van der Waals surface area (Å²) in [7, 11) is 0. The Hall–Kier alpha value is -3.01. The fourth-order valence-corrected chi connectivity index (χ4v) is 2.57. The van der Waals surface area contributed by atoms with E-state index >= 15 is 0 Å². The van der Waals surface area contributed by atoms with Gasteiger partial charge in [-0.15, -0.1) is 0 Å². The van der Waals surface area contributed by atoms with E-state index in [1.807, 2.05) is 83.7 Å². The minimum atomic E-state index is -0.832. The molecule has 4 heteroatoms. The van der Waals surface area contributed by atoms with Crippen molar-refractivity contribution in [3.8, 4) is 5.75 Å². The fourth-order valence-electron chi connectivity index (χ4n) is 2.57. The third-order valence-corrected chi connectivity index (χ3v) is 3.89. The lowest BCUT2D eigenvalue weighted by molar-refractivity contribution is -0.139. The fraction of sp³-hybridized carbons (Fsp3) is 0.150. The molecule has 0 aliphatic carbocycles. The van der Waals surface area contributed by atoms with E-state index in [0.29, 0.717) is 13.2 Å². The molecule has 0 aliphatic rings. The molecule has 1 atom stereocenters. The smallest absolute Gasteiger partial charge is 0.312 e. The van der Waals surface area contributed by atoms with Gasteiger partial charge in [-0.2, -0.15) is 0 Å². The maximum Gasteiger partial charge on any atom is 0.312 e. The van der Waals surface area contributed by atoms with Crippen LogP contribution < -0.4 is 4.74 Å². The third-order valence-electron chi connectivity index (χ3n) is 3.89. The zero-order valence-corrected chi connectivity index (χ0v) is 13.2. The normalized spacial score (nSPS) is 11.8. The third kappa shape index (κ3) is 4.04. The predicted molar refractivity (Wildman–Crippen MR) is 92.0 cm³/mol. The highest BCUT2D eigenvalue weighted by Crippen LogP contribution is 2.22. The zero-order chi connectivity index (χ0) is 16.8. The van der Waals surface area contributed by atoms with E-state index in [9.17, 15) is 9.90 Å². The van der Waals surface area contributed by atoms with Gasteiger partial charge in [-0.25, -0.2) is 0 Å². The van der Waals surface area contributed by atoms with E-state index in [2.05, 4.69) is 0 Å². The van der Waals surface area contributed by atoms with Crippen molar-refractivity contribution in [2.75, 3.05) is 0 Å². The highest BCUT2D eigenvalue weighted by molar-refractivity contribution is 5.76. The predicted octanol–water partition coefficient (Wildman–Crippen LogP) is 3.94.